The van der Waals surface area contributed by atoms with Crippen LogP contribution in [0.5, 0.6) is 0 Å². The first kappa shape index (κ1) is 17.4. The fourth-order valence-electron chi connectivity index (χ4n) is 1.53. The van der Waals surface area contributed by atoms with Gasteiger partial charge in [0, 0.05) is 16.7 Å². The Kier molecular flexibility index (Phi) is 7.46. The molecule has 20 heavy (non-hydrogen) atoms. The number of hydrogen-bond acceptors (Lipinski definition) is 3. The predicted octanol–water partition coefficient (Wildman–Crippen LogP) is 1.74. The number of carbonyl (C=O) groups excluding carboxylic acids is 1. The Morgan fingerprint density at radius 1 is 1.25 bits per heavy atom. The van der Waals surface area contributed by atoms with E-state index >= 15 is 0 Å². The van der Waals surface area contributed by atoms with Crippen LogP contribution in [-0.4, -0.2) is 33.2 Å². The largest absolute Gasteiger partial charge is 0.351 e. The number of amides is 1. The Labute approximate surface area is 133 Å². The maximum Gasteiger partial charge on any atom is 0.252 e. The fraction of sp³-hybridized carbons (Fsp3) is 0.462. The summed E-state index contributed by atoms with van der Waals surface area (Å²) in [5, 5.41) is 2.70. The molecule has 0 saturated carbocycles. The molecule has 1 amide bonds. The highest BCUT2D eigenvalue weighted by Gasteiger charge is 2.10. The lowest BCUT2D eigenvalue weighted by Crippen LogP contribution is -2.35. The van der Waals surface area contributed by atoms with Gasteiger partial charge in [-0.1, -0.05) is 25.5 Å². The minimum absolute atomic E-state index is 0.133. The van der Waals surface area contributed by atoms with Crippen LogP contribution in [-0.2, 0) is 10.0 Å². The molecule has 1 rings (SSSR count). The molecule has 0 heterocycles. The SMILES string of the molecule is CCCCS(=O)(=O)NCCNC(=O)c1ccccc1I. The van der Waals surface area contributed by atoms with Crippen molar-refractivity contribution in [3.63, 3.8) is 0 Å². The average molecular weight is 410 g/mol. The van der Waals surface area contributed by atoms with Crippen LogP contribution < -0.4 is 10.0 Å². The van der Waals surface area contributed by atoms with E-state index in [1.54, 1.807) is 12.1 Å². The van der Waals surface area contributed by atoms with Gasteiger partial charge in [0.1, 0.15) is 0 Å². The zero-order valence-corrected chi connectivity index (χ0v) is 14.3. The van der Waals surface area contributed by atoms with Crippen LogP contribution in [0.15, 0.2) is 24.3 Å². The topological polar surface area (TPSA) is 75.3 Å². The molecule has 0 radical (unpaired) electrons. The van der Waals surface area contributed by atoms with Crippen LogP contribution in [0.1, 0.15) is 30.1 Å². The third-order valence-corrected chi connectivity index (χ3v) is 5.03. The molecule has 0 fully saturated rings. The van der Waals surface area contributed by atoms with Crippen LogP contribution in [0.25, 0.3) is 0 Å². The minimum Gasteiger partial charge on any atom is -0.351 e. The highest BCUT2D eigenvalue weighted by Crippen LogP contribution is 2.10. The van der Waals surface area contributed by atoms with Gasteiger partial charge in [0.25, 0.3) is 5.91 Å². The molecule has 0 saturated heterocycles. The summed E-state index contributed by atoms with van der Waals surface area (Å²) in [7, 11) is -3.22. The second kappa shape index (κ2) is 8.58. The summed E-state index contributed by atoms with van der Waals surface area (Å²) in [4.78, 5) is 11.9. The monoisotopic (exact) mass is 410 g/mol. The van der Waals surface area contributed by atoms with Crippen molar-refractivity contribution in [3.8, 4) is 0 Å². The smallest absolute Gasteiger partial charge is 0.252 e. The highest BCUT2D eigenvalue weighted by molar-refractivity contribution is 14.1. The summed E-state index contributed by atoms with van der Waals surface area (Å²) in [5.41, 5.74) is 0.599. The van der Waals surface area contributed by atoms with Crippen LogP contribution >= 0.6 is 22.6 Å². The first-order valence-electron chi connectivity index (χ1n) is 6.46. The number of benzene rings is 1. The third kappa shape index (κ3) is 6.19. The second-order valence-corrected chi connectivity index (χ2v) is 7.39. The van der Waals surface area contributed by atoms with Crippen molar-refractivity contribution in [2.24, 2.45) is 0 Å². The molecular weight excluding hydrogens is 391 g/mol. The van der Waals surface area contributed by atoms with Gasteiger partial charge in [-0.2, -0.15) is 0 Å². The molecule has 0 aliphatic heterocycles. The first-order valence-corrected chi connectivity index (χ1v) is 9.19. The van der Waals surface area contributed by atoms with Gasteiger partial charge in [-0.15, -0.1) is 0 Å². The molecule has 0 bridgehead atoms. The number of halogens is 1. The Balaban J connectivity index is 2.35. The standard InChI is InChI=1S/C13H19IN2O3S/c1-2-3-10-20(18,19)16-9-8-15-13(17)11-6-4-5-7-12(11)14/h4-7,16H,2-3,8-10H2,1H3,(H,15,17). The van der Waals surface area contributed by atoms with Crippen molar-refractivity contribution in [1.82, 2.24) is 10.0 Å². The molecule has 1 aromatic carbocycles. The Bertz CT molecular complexity index is 546. The zero-order valence-electron chi connectivity index (χ0n) is 11.4. The van der Waals surface area contributed by atoms with Crippen molar-refractivity contribution in [1.29, 1.82) is 0 Å². The molecule has 1 aromatic rings. The summed E-state index contributed by atoms with van der Waals surface area (Å²) in [6.45, 7) is 2.42. The molecule has 112 valence electrons. The summed E-state index contributed by atoms with van der Waals surface area (Å²) in [6.07, 6.45) is 1.48. The highest BCUT2D eigenvalue weighted by atomic mass is 127. The van der Waals surface area contributed by atoms with E-state index in [1.807, 2.05) is 19.1 Å². The van der Waals surface area contributed by atoms with Crippen molar-refractivity contribution in [2.75, 3.05) is 18.8 Å². The normalized spacial score (nSPS) is 11.3. The molecule has 2 N–H and O–H groups in total. The lowest BCUT2D eigenvalue weighted by Gasteiger charge is -2.08. The predicted molar refractivity (Wildman–Crippen MR) is 88.2 cm³/mol. The number of sulfonamides is 1. The van der Waals surface area contributed by atoms with Crippen LogP contribution in [0.4, 0.5) is 0 Å². The molecule has 0 aliphatic carbocycles. The summed E-state index contributed by atoms with van der Waals surface area (Å²) < 4.78 is 26.4. The third-order valence-electron chi connectivity index (χ3n) is 2.62. The van der Waals surface area contributed by atoms with Gasteiger partial charge in [0.2, 0.25) is 10.0 Å². The second-order valence-electron chi connectivity index (χ2n) is 4.30. The molecule has 0 unspecified atom stereocenters. The fourth-order valence-corrected chi connectivity index (χ4v) is 3.39. The van der Waals surface area contributed by atoms with Crippen LogP contribution in [0.3, 0.4) is 0 Å². The first-order chi connectivity index (χ1) is 9.46. The Morgan fingerprint density at radius 2 is 1.95 bits per heavy atom. The van der Waals surface area contributed by atoms with E-state index in [1.165, 1.54) is 0 Å². The van der Waals surface area contributed by atoms with E-state index in [-0.39, 0.29) is 24.7 Å². The lowest BCUT2D eigenvalue weighted by molar-refractivity contribution is 0.0953. The number of carbonyl (C=O) groups is 1. The summed E-state index contributed by atoms with van der Waals surface area (Å²) in [6, 6.07) is 7.25. The van der Waals surface area contributed by atoms with E-state index in [4.69, 9.17) is 0 Å². The van der Waals surface area contributed by atoms with E-state index in [0.29, 0.717) is 12.0 Å². The lowest BCUT2D eigenvalue weighted by atomic mass is 10.2. The van der Waals surface area contributed by atoms with E-state index in [0.717, 1.165) is 9.99 Å². The quantitative estimate of drug-likeness (QED) is 0.507. The number of hydrogen-bond donors (Lipinski definition) is 2. The molecule has 0 aromatic heterocycles. The number of nitrogens with one attached hydrogen (secondary N) is 2. The van der Waals surface area contributed by atoms with Gasteiger partial charge in [0.05, 0.1) is 11.3 Å². The molecule has 0 aliphatic rings. The molecule has 7 heteroatoms. The van der Waals surface area contributed by atoms with Crippen LogP contribution in [0, 0.1) is 3.57 Å². The van der Waals surface area contributed by atoms with Crippen molar-refractivity contribution < 1.29 is 13.2 Å². The van der Waals surface area contributed by atoms with Crippen molar-refractivity contribution >= 4 is 38.5 Å². The summed E-state index contributed by atoms with van der Waals surface area (Å²) >= 11 is 2.09. The average Bonchev–Trinajstić information content (AvgIpc) is 2.42. The number of rotatable bonds is 8. The van der Waals surface area contributed by atoms with Gasteiger partial charge < -0.3 is 5.32 Å². The van der Waals surface area contributed by atoms with Gasteiger partial charge in [0.15, 0.2) is 0 Å². The van der Waals surface area contributed by atoms with Gasteiger partial charge in [-0.25, -0.2) is 13.1 Å². The van der Waals surface area contributed by atoms with Crippen LogP contribution in [0.2, 0.25) is 0 Å². The van der Waals surface area contributed by atoms with E-state index in [9.17, 15) is 13.2 Å². The molecule has 0 spiro atoms. The van der Waals surface area contributed by atoms with Crippen molar-refractivity contribution in [2.45, 2.75) is 19.8 Å². The Hall–Kier alpha value is -0.670. The number of unbranched alkanes of at least 4 members (excludes halogenated alkanes) is 1. The van der Waals surface area contributed by atoms with E-state index in [2.05, 4.69) is 32.6 Å². The van der Waals surface area contributed by atoms with Crippen molar-refractivity contribution in [3.05, 3.63) is 33.4 Å². The van der Waals surface area contributed by atoms with E-state index < -0.39 is 10.0 Å². The Morgan fingerprint density at radius 3 is 2.60 bits per heavy atom. The molecule has 0 atom stereocenters. The van der Waals surface area contributed by atoms with Gasteiger partial charge in [-0.3, -0.25) is 4.79 Å². The zero-order chi connectivity index (χ0) is 15.0. The maximum atomic E-state index is 11.9. The van der Waals surface area contributed by atoms with Gasteiger partial charge >= 0.3 is 0 Å². The molecular formula is C13H19IN2O3S. The maximum absolute atomic E-state index is 11.9. The van der Waals surface area contributed by atoms with Gasteiger partial charge in [-0.05, 0) is 41.1 Å². The molecule has 5 nitrogen and oxygen atoms in total. The summed E-state index contributed by atoms with van der Waals surface area (Å²) in [5.74, 6) is -0.0589. The minimum atomic E-state index is -3.22.